The highest BCUT2D eigenvalue weighted by molar-refractivity contribution is 6.42. The second-order valence-electron chi connectivity index (χ2n) is 4.08. The SMILES string of the molecule is Cn1ccc(CC(NN)c2ccc(Cl)c(Cl)c2)n1. The molecule has 0 radical (unpaired) electrons. The molecule has 0 saturated carbocycles. The number of hydrazine groups is 1. The molecular weight excluding hydrogens is 271 g/mol. The van der Waals surface area contributed by atoms with Crippen LogP contribution in [0.1, 0.15) is 17.3 Å². The molecule has 0 bridgehead atoms. The lowest BCUT2D eigenvalue weighted by molar-refractivity contribution is 0.541. The van der Waals surface area contributed by atoms with E-state index in [4.69, 9.17) is 29.0 Å². The van der Waals surface area contributed by atoms with E-state index in [-0.39, 0.29) is 6.04 Å². The summed E-state index contributed by atoms with van der Waals surface area (Å²) in [5.74, 6) is 5.59. The number of nitrogens with one attached hydrogen (secondary N) is 1. The van der Waals surface area contributed by atoms with Gasteiger partial charge in [0.2, 0.25) is 0 Å². The number of halogens is 2. The molecule has 1 aromatic carbocycles. The van der Waals surface area contributed by atoms with Gasteiger partial charge in [0.05, 0.1) is 21.8 Å². The number of aryl methyl sites for hydroxylation is 1. The van der Waals surface area contributed by atoms with Crippen molar-refractivity contribution < 1.29 is 0 Å². The van der Waals surface area contributed by atoms with Crippen molar-refractivity contribution in [3.8, 4) is 0 Å². The summed E-state index contributed by atoms with van der Waals surface area (Å²) in [6, 6.07) is 7.40. The van der Waals surface area contributed by atoms with Gasteiger partial charge in [-0.05, 0) is 23.8 Å². The van der Waals surface area contributed by atoms with E-state index in [1.165, 1.54) is 0 Å². The van der Waals surface area contributed by atoms with Crippen molar-refractivity contribution in [3.05, 3.63) is 51.8 Å². The largest absolute Gasteiger partial charge is 0.276 e. The number of hydrogen-bond donors (Lipinski definition) is 2. The second-order valence-corrected chi connectivity index (χ2v) is 4.89. The predicted molar refractivity (Wildman–Crippen MR) is 73.4 cm³/mol. The van der Waals surface area contributed by atoms with Gasteiger partial charge in [-0.25, -0.2) is 0 Å². The number of nitrogens with two attached hydrogens (primary N) is 1. The Morgan fingerprint density at radius 3 is 2.67 bits per heavy atom. The van der Waals surface area contributed by atoms with Gasteiger partial charge in [-0.3, -0.25) is 16.0 Å². The minimum Gasteiger partial charge on any atom is -0.276 e. The Balaban J connectivity index is 2.19. The number of nitrogens with zero attached hydrogens (tertiary/aromatic N) is 2. The highest BCUT2D eigenvalue weighted by atomic mass is 35.5. The van der Waals surface area contributed by atoms with Crippen molar-refractivity contribution in [1.82, 2.24) is 15.2 Å². The number of rotatable bonds is 4. The van der Waals surface area contributed by atoms with Crippen LogP contribution in [0.5, 0.6) is 0 Å². The summed E-state index contributed by atoms with van der Waals surface area (Å²) in [5, 5.41) is 5.39. The van der Waals surface area contributed by atoms with E-state index < -0.39 is 0 Å². The molecule has 0 spiro atoms. The summed E-state index contributed by atoms with van der Waals surface area (Å²) < 4.78 is 1.76. The second kappa shape index (κ2) is 5.71. The Morgan fingerprint density at radius 1 is 1.33 bits per heavy atom. The fourth-order valence-electron chi connectivity index (χ4n) is 1.78. The first-order valence-electron chi connectivity index (χ1n) is 5.49. The van der Waals surface area contributed by atoms with Gasteiger partial charge in [-0.15, -0.1) is 0 Å². The van der Waals surface area contributed by atoms with Gasteiger partial charge >= 0.3 is 0 Å². The molecular formula is C12H14Cl2N4. The van der Waals surface area contributed by atoms with Crippen LogP contribution in [0.4, 0.5) is 0 Å². The third-order valence-electron chi connectivity index (χ3n) is 2.73. The molecule has 3 N–H and O–H groups in total. The van der Waals surface area contributed by atoms with E-state index in [2.05, 4.69) is 10.5 Å². The fourth-order valence-corrected chi connectivity index (χ4v) is 2.09. The number of benzene rings is 1. The van der Waals surface area contributed by atoms with Gasteiger partial charge in [-0.1, -0.05) is 29.3 Å². The summed E-state index contributed by atoms with van der Waals surface area (Å²) in [7, 11) is 1.88. The van der Waals surface area contributed by atoms with Gasteiger partial charge in [0.15, 0.2) is 0 Å². The molecule has 6 heteroatoms. The van der Waals surface area contributed by atoms with Crippen LogP contribution in [-0.2, 0) is 13.5 Å². The van der Waals surface area contributed by atoms with Crippen LogP contribution in [-0.4, -0.2) is 9.78 Å². The first-order valence-corrected chi connectivity index (χ1v) is 6.25. The first-order chi connectivity index (χ1) is 8.60. The minimum absolute atomic E-state index is 0.0466. The highest BCUT2D eigenvalue weighted by Crippen LogP contribution is 2.26. The summed E-state index contributed by atoms with van der Waals surface area (Å²) in [6.07, 6.45) is 2.59. The van der Waals surface area contributed by atoms with Crippen LogP contribution < -0.4 is 11.3 Å². The fraction of sp³-hybridized carbons (Fsp3) is 0.250. The molecule has 0 amide bonds. The zero-order chi connectivity index (χ0) is 13.1. The zero-order valence-corrected chi connectivity index (χ0v) is 11.4. The summed E-state index contributed by atoms with van der Waals surface area (Å²) in [5.41, 5.74) is 4.72. The Labute approximate surface area is 116 Å². The van der Waals surface area contributed by atoms with Crippen molar-refractivity contribution in [3.63, 3.8) is 0 Å². The standard InChI is InChI=1S/C12H14Cl2N4/c1-18-5-4-9(17-18)7-12(16-15)8-2-3-10(13)11(14)6-8/h2-6,12,16H,7,15H2,1H3. The molecule has 1 unspecified atom stereocenters. The molecule has 1 atom stereocenters. The molecule has 1 heterocycles. The van der Waals surface area contributed by atoms with Gasteiger partial charge in [-0.2, -0.15) is 5.10 Å². The van der Waals surface area contributed by atoms with Crippen LogP contribution in [0.15, 0.2) is 30.5 Å². The van der Waals surface area contributed by atoms with Crippen LogP contribution >= 0.6 is 23.2 Å². The van der Waals surface area contributed by atoms with Crippen molar-refractivity contribution >= 4 is 23.2 Å². The van der Waals surface area contributed by atoms with Crippen LogP contribution in [0.25, 0.3) is 0 Å². The molecule has 0 fully saturated rings. The molecule has 1 aromatic heterocycles. The molecule has 96 valence electrons. The smallest absolute Gasteiger partial charge is 0.0643 e. The molecule has 0 aliphatic rings. The average Bonchev–Trinajstić information content (AvgIpc) is 2.75. The quantitative estimate of drug-likeness (QED) is 0.670. The van der Waals surface area contributed by atoms with Crippen molar-refractivity contribution in [1.29, 1.82) is 0 Å². The minimum atomic E-state index is -0.0466. The lowest BCUT2D eigenvalue weighted by Crippen LogP contribution is -2.29. The lowest BCUT2D eigenvalue weighted by atomic mass is 10.0. The molecule has 0 saturated heterocycles. The van der Waals surface area contributed by atoms with Crippen molar-refractivity contribution in [2.45, 2.75) is 12.5 Å². The normalized spacial score (nSPS) is 12.7. The maximum Gasteiger partial charge on any atom is 0.0643 e. The molecule has 18 heavy (non-hydrogen) atoms. The monoisotopic (exact) mass is 284 g/mol. The van der Waals surface area contributed by atoms with E-state index in [0.717, 1.165) is 11.3 Å². The Kier molecular flexibility index (Phi) is 4.24. The summed E-state index contributed by atoms with van der Waals surface area (Å²) in [4.78, 5) is 0. The first kappa shape index (κ1) is 13.4. The molecule has 2 aromatic rings. The number of hydrogen-bond acceptors (Lipinski definition) is 3. The van der Waals surface area contributed by atoms with E-state index in [1.54, 1.807) is 10.7 Å². The highest BCUT2D eigenvalue weighted by Gasteiger charge is 2.13. The van der Waals surface area contributed by atoms with E-state index in [9.17, 15) is 0 Å². The summed E-state index contributed by atoms with van der Waals surface area (Å²) >= 11 is 11.9. The maximum atomic E-state index is 6.00. The van der Waals surface area contributed by atoms with Gasteiger partial charge < -0.3 is 0 Å². The predicted octanol–water partition coefficient (Wildman–Crippen LogP) is 2.47. The van der Waals surface area contributed by atoms with Crippen molar-refractivity contribution in [2.75, 3.05) is 0 Å². The van der Waals surface area contributed by atoms with E-state index in [0.29, 0.717) is 16.5 Å². The van der Waals surface area contributed by atoms with Gasteiger partial charge in [0.25, 0.3) is 0 Å². The Hall–Kier alpha value is -1.07. The van der Waals surface area contributed by atoms with Crippen LogP contribution in [0.3, 0.4) is 0 Å². The van der Waals surface area contributed by atoms with Gasteiger partial charge in [0, 0.05) is 19.7 Å². The third kappa shape index (κ3) is 3.03. The third-order valence-corrected chi connectivity index (χ3v) is 3.47. The van der Waals surface area contributed by atoms with Crippen LogP contribution in [0.2, 0.25) is 10.0 Å². The maximum absolute atomic E-state index is 6.00. The van der Waals surface area contributed by atoms with Gasteiger partial charge in [0.1, 0.15) is 0 Å². The summed E-state index contributed by atoms with van der Waals surface area (Å²) in [6.45, 7) is 0. The Bertz CT molecular complexity index is 539. The Morgan fingerprint density at radius 2 is 2.11 bits per heavy atom. The lowest BCUT2D eigenvalue weighted by Gasteiger charge is -2.15. The molecule has 0 aliphatic heterocycles. The molecule has 2 rings (SSSR count). The molecule has 0 aliphatic carbocycles. The average molecular weight is 285 g/mol. The van der Waals surface area contributed by atoms with E-state index in [1.807, 2.05) is 31.4 Å². The topological polar surface area (TPSA) is 55.9 Å². The zero-order valence-electron chi connectivity index (χ0n) is 9.90. The van der Waals surface area contributed by atoms with Crippen LogP contribution in [0, 0.1) is 0 Å². The van der Waals surface area contributed by atoms with Crippen molar-refractivity contribution in [2.24, 2.45) is 12.9 Å². The molecule has 4 nitrogen and oxygen atoms in total. The van der Waals surface area contributed by atoms with E-state index >= 15 is 0 Å². The number of aromatic nitrogens is 2.